The van der Waals surface area contributed by atoms with Gasteiger partial charge in [0, 0.05) is 32.6 Å². The predicted octanol–water partition coefficient (Wildman–Crippen LogP) is 2.86. The standard InChI is InChI=1S/C19H28N2O3/c1-15(2)14-24-19(23)21-12-10-20(11-13-21)18(22)9-8-17-6-4-16(3)5-7-17/h4-7,15H,8-14H2,1-3H3. The van der Waals surface area contributed by atoms with Gasteiger partial charge in [-0.2, -0.15) is 0 Å². The van der Waals surface area contributed by atoms with Gasteiger partial charge < -0.3 is 14.5 Å². The van der Waals surface area contributed by atoms with Gasteiger partial charge in [0.1, 0.15) is 0 Å². The highest BCUT2D eigenvalue weighted by Gasteiger charge is 2.24. The lowest BCUT2D eigenvalue weighted by molar-refractivity contribution is -0.132. The van der Waals surface area contributed by atoms with Crippen molar-refractivity contribution in [1.82, 2.24) is 9.80 Å². The molecular formula is C19H28N2O3. The van der Waals surface area contributed by atoms with Crippen molar-refractivity contribution in [2.45, 2.75) is 33.6 Å². The van der Waals surface area contributed by atoms with E-state index in [4.69, 9.17) is 4.74 Å². The Labute approximate surface area is 144 Å². The number of carbonyl (C=O) groups is 2. The second-order valence-electron chi connectivity index (χ2n) is 6.82. The molecule has 24 heavy (non-hydrogen) atoms. The molecule has 1 aliphatic heterocycles. The topological polar surface area (TPSA) is 49.9 Å². The van der Waals surface area contributed by atoms with E-state index in [0.29, 0.717) is 45.1 Å². The highest BCUT2D eigenvalue weighted by molar-refractivity contribution is 5.77. The molecule has 0 aliphatic carbocycles. The van der Waals surface area contributed by atoms with E-state index in [0.717, 1.165) is 6.42 Å². The first-order valence-corrected chi connectivity index (χ1v) is 8.70. The molecule has 2 rings (SSSR count). The fraction of sp³-hybridized carbons (Fsp3) is 0.579. The summed E-state index contributed by atoms with van der Waals surface area (Å²) < 4.78 is 5.24. The SMILES string of the molecule is Cc1ccc(CCC(=O)N2CCN(C(=O)OCC(C)C)CC2)cc1. The van der Waals surface area contributed by atoms with Crippen molar-refractivity contribution in [2.75, 3.05) is 32.8 Å². The first-order valence-electron chi connectivity index (χ1n) is 8.70. The van der Waals surface area contributed by atoms with E-state index in [1.165, 1.54) is 11.1 Å². The summed E-state index contributed by atoms with van der Waals surface area (Å²) in [6.45, 7) is 8.79. The maximum Gasteiger partial charge on any atom is 0.409 e. The normalized spacial score (nSPS) is 14.8. The van der Waals surface area contributed by atoms with Gasteiger partial charge in [0.2, 0.25) is 5.91 Å². The highest BCUT2D eigenvalue weighted by Crippen LogP contribution is 2.10. The maximum absolute atomic E-state index is 12.3. The van der Waals surface area contributed by atoms with Gasteiger partial charge in [-0.1, -0.05) is 43.7 Å². The number of aryl methyl sites for hydroxylation is 2. The summed E-state index contributed by atoms with van der Waals surface area (Å²) in [5.41, 5.74) is 2.41. The third-order valence-corrected chi connectivity index (χ3v) is 4.18. The van der Waals surface area contributed by atoms with Gasteiger partial charge in [0.05, 0.1) is 6.61 Å². The summed E-state index contributed by atoms with van der Waals surface area (Å²) in [5.74, 6) is 0.490. The molecule has 0 unspecified atom stereocenters. The molecule has 2 amide bonds. The first-order chi connectivity index (χ1) is 11.5. The van der Waals surface area contributed by atoms with Crippen molar-refractivity contribution < 1.29 is 14.3 Å². The summed E-state index contributed by atoms with van der Waals surface area (Å²) >= 11 is 0. The quantitative estimate of drug-likeness (QED) is 0.833. The minimum atomic E-state index is -0.268. The Hall–Kier alpha value is -2.04. The third-order valence-electron chi connectivity index (χ3n) is 4.18. The molecule has 132 valence electrons. The van der Waals surface area contributed by atoms with Crippen molar-refractivity contribution in [3.63, 3.8) is 0 Å². The number of ether oxygens (including phenoxy) is 1. The Morgan fingerprint density at radius 1 is 1.04 bits per heavy atom. The summed E-state index contributed by atoms with van der Waals surface area (Å²) in [7, 11) is 0. The molecule has 1 fully saturated rings. The first kappa shape index (κ1) is 18.3. The number of benzene rings is 1. The lowest BCUT2D eigenvalue weighted by atomic mass is 10.1. The number of carbonyl (C=O) groups excluding carboxylic acids is 2. The summed E-state index contributed by atoms with van der Waals surface area (Å²) in [4.78, 5) is 27.8. The summed E-state index contributed by atoms with van der Waals surface area (Å²) in [5, 5.41) is 0. The molecule has 5 nitrogen and oxygen atoms in total. The van der Waals surface area contributed by atoms with E-state index in [-0.39, 0.29) is 12.0 Å². The Bertz CT molecular complexity index is 546. The minimum absolute atomic E-state index is 0.158. The average molecular weight is 332 g/mol. The van der Waals surface area contributed by atoms with Crippen LogP contribution in [0.1, 0.15) is 31.4 Å². The molecule has 1 heterocycles. The molecule has 1 saturated heterocycles. The molecule has 5 heteroatoms. The molecule has 1 aromatic rings. The van der Waals surface area contributed by atoms with Crippen LogP contribution < -0.4 is 0 Å². The molecule has 0 N–H and O–H groups in total. The van der Waals surface area contributed by atoms with Crippen molar-refractivity contribution in [2.24, 2.45) is 5.92 Å². The Balaban J connectivity index is 1.72. The third kappa shape index (κ3) is 5.55. The largest absolute Gasteiger partial charge is 0.449 e. The van der Waals surface area contributed by atoms with Crippen LogP contribution in [0.2, 0.25) is 0 Å². The fourth-order valence-electron chi connectivity index (χ4n) is 2.63. The van der Waals surface area contributed by atoms with E-state index < -0.39 is 0 Å². The number of amides is 2. The van der Waals surface area contributed by atoms with Crippen LogP contribution in [0.15, 0.2) is 24.3 Å². The lowest BCUT2D eigenvalue weighted by Gasteiger charge is -2.34. The van der Waals surface area contributed by atoms with Crippen LogP contribution in [-0.4, -0.2) is 54.6 Å². The van der Waals surface area contributed by atoms with E-state index in [2.05, 4.69) is 31.2 Å². The number of rotatable bonds is 5. The van der Waals surface area contributed by atoms with Gasteiger partial charge in [-0.15, -0.1) is 0 Å². The van der Waals surface area contributed by atoms with Gasteiger partial charge in [0.15, 0.2) is 0 Å². The van der Waals surface area contributed by atoms with Crippen LogP contribution in [0.3, 0.4) is 0 Å². The average Bonchev–Trinajstić information content (AvgIpc) is 2.59. The van der Waals surface area contributed by atoms with Gasteiger partial charge in [-0.05, 0) is 24.8 Å². The maximum atomic E-state index is 12.3. The van der Waals surface area contributed by atoms with E-state index >= 15 is 0 Å². The molecule has 0 atom stereocenters. The zero-order valence-electron chi connectivity index (χ0n) is 15.0. The highest BCUT2D eigenvalue weighted by atomic mass is 16.6. The Morgan fingerprint density at radius 2 is 1.62 bits per heavy atom. The van der Waals surface area contributed by atoms with E-state index in [9.17, 15) is 9.59 Å². The summed E-state index contributed by atoms with van der Waals surface area (Å²) in [6.07, 6.45) is 1.01. The van der Waals surface area contributed by atoms with Crippen molar-refractivity contribution >= 4 is 12.0 Å². The van der Waals surface area contributed by atoms with Crippen LogP contribution in [0, 0.1) is 12.8 Å². The van der Waals surface area contributed by atoms with Crippen LogP contribution in [-0.2, 0) is 16.0 Å². The molecular weight excluding hydrogens is 304 g/mol. The van der Waals surface area contributed by atoms with Gasteiger partial charge in [-0.25, -0.2) is 4.79 Å². The lowest BCUT2D eigenvalue weighted by Crippen LogP contribution is -2.50. The monoisotopic (exact) mass is 332 g/mol. The second-order valence-corrected chi connectivity index (χ2v) is 6.82. The van der Waals surface area contributed by atoms with Crippen LogP contribution in [0.25, 0.3) is 0 Å². The molecule has 1 aliphatic rings. The van der Waals surface area contributed by atoms with Crippen LogP contribution in [0.4, 0.5) is 4.79 Å². The second kappa shape index (κ2) is 8.71. The van der Waals surface area contributed by atoms with Crippen molar-refractivity contribution in [1.29, 1.82) is 0 Å². The number of nitrogens with zero attached hydrogens (tertiary/aromatic N) is 2. The number of hydrogen-bond donors (Lipinski definition) is 0. The smallest absolute Gasteiger partial charge is 0.409 e. The van der Waals surface area contributed by atoms with Crippen LogP contribution in [0.5, 0.6) is 0 Å². The zero-order chi connectivity index (χ0) is 17.5. The van der Waals surface area contributed by atoms with Gasteiger partial charge >= 0.3 is 6.09 Å². The predicted molar refractivity (Wildman–Crippen MR) is 93.8 cm³/mol. The van der Waals surface area contributed by atoms with E-state index in [1.807, 2.05) is 18.7 Å². The zero-order valence-corrected chi connectivity index (χ0v) is 15.0. The van der Waals surface area contributed by atoms with E-state index in [1.54, 1.807) is 4.90 Å². The minimum Gasteiger partial charge on any atom is -0.449 e. The fourth-order valence-corrected chi connectivity index (χ4v) is 2.63. The number of hydrogen-bond acceptors (Lipinski definition) is 3. The van der Waals surface area contributed by atoms with Gasteiger partial charge in [0.25, 0.3) is 0 Å². The van der Waals surface area contributed by atoms with Crippen molar-refractivity contribution in [3.05, 3.63) is 35.4 Å². The molecule has 1 aromatic carbocycles. The molecule has 0 aromatic heterocycles. The number of piperazine rings is 1. The molecule has 0 saturated carbocycles. The molecule has 0 radical (unpaired) electrons. The Kier molecular flexibility index (Phi) is 6.64. The summed E-state index contributed by atoms with van der Waals surface area (Å²) in [6, 6.07) is 8.29. The van der Waals surface area contributed by atoms with Crippen molar-refractivity contribution in [3.8, 4) is 0 Å². The van der Waals surface area contributed by atoms with Crippen LogP contribution >= 0.6 is 0 Å². The molecule has 0 bridgehead atoms. The Morgan fingerprint density at radius 3 is 2.21 bits per heavy atom. The van der Waals surface area contributed by atoms with Gasteiger partial charge in [-0.3, -0.25) is 4.79 Å². The molecule has 0 spiro atoms.